The molecule has 1 aromatic carbocycles. The molecule has 0 amide bonds. The zero-order chi connectivity index (χ0) is 12.5. The summed E-state index contributed by atoms with van der Waals surface area (Å²) in [6, 6.07) is 8.83. The van der Waals surface area contributed by atoms with E-state index in [1.165, 1.54) is 11.1 Å². The number of hydrazine groups is 1. The van der Waals surface area contributed by atoms with Crippen molar-refractivity contribution in [2.24, 2.45) is 5.84 Å². The van der Waals surface area contributed by atoms with Crippen LogP contribution in [-0.4, -0.2) is 13.2 Å². The summed E-state index contributed by atoms with van der Waals surface area (Å²) in [5, 5.41) is 0. The first-order valence-corrected chi connectivity index (χ1v) is 6.44. The smallest absolute Gasteiger partial charge is 0.0466 e. The van der Waals surface area contributed by atoms with Gasteiger partial charge in [-0.05, 0) is 37.3 Å². The molecule has 0 aliphatic rings. The van der Waals surface area contributed by atoms with E-state index in [9.17, 15) is 0 Å². The Bertz CT molecular complexity index is 315. The van der Waals surface area contributed by atoms with E-state index in [-0.39, 0.29) is 6.04 Å². The number of ether oxygens (including phenoxy) is 1. The molecule has 3 nitrogen and oxygen atoms in total. The molecule has 0 fully saturated rings. The molecular weight excluding hydrogens is 212 g/mol. The first kappa shape index (κ1) is 14.2. The van der Waals surface area contributed by atoms with Crippen LogP contribution in [0.3, 0.4) is 0 Å². The molecule has 3 heteroatoms. The molecule has 3 N–H and O–H groups in total. The van der Waals surface area contributed by atoms with Gasteiger partial charge in [-0.15, -0.1) is 0 Å². The minimum absolute atomic E-state index is 0.224. The highest BCUT2D eigenvalue weighted by molar-refractivity contribution is 5.25. The Morgan fingerprint density at radius 2 is 2.18 bits per heavy atom. The lowest BCUT2D eigenvalue weighted by atomic mass is 10.00. The third-order valence-electron chi connectivity index (χ3n) is 2.95. The van der Waals surface area contributed by atoms with Crippen molar-refractivity contribution in [3.63, 3.8) is 0 Å². The molecule has 1 unspecified atom stereocenters. The van der Waals surface area contributed by atoms with Crippen LogP contribution in [0.25, 0.3) is 0 Å². The van der Waals surface area contributed by atoms with Gasteiger partial charge in [0, 0.05) is 19.3 Å². The number of hydrogen-bond acceptors (Lipinski definition) is 3. The molecule has 0 aliphatic heterocycles. The van der Waals surface area contributed by atoms with Crippen molar-refractivity contribution in [1.29, 1.82) is 0 Å². The predicted octanol–water partition coefficient (Wildman–Crippen LogP) is 2.57. The highest BCUT2D eigenvalue weighted by atomic mass is 16.5. The predicted molar refractivity (Wildman–Crippen MR) is 71.6 cm³/mol. The molecular formula is C14H24N2O. The van der Waals surface area contributed by atoms with Crippen molar-refractivity contribution in [3.8, 4) is 0 Å². The number of rotatable bonds is 8. The molecule has 0 saturated carbocycles. The van der Waals surface area contributed by atoms with Crippen LogP contribution >= 0.6 is 0 Å². The SMILES string of the molecule is CCOCCCC(NN)c1cccc(CC)c1. The van der Waals surface area contributed by atoms with E-state index in [4.69, 9.17) is 10.6 Å². The summed E-state index contributed by atoms with van der Waals surface area (Å²) >= 11 is 0. The topological polar surface area (TPSA) is 47.3 Å². The van der Waals surface area contributed by atoms with Gasteiger partial charge in [-0.3, -0.25) is 11.3 Å². The van der Waals surface area contributed by atoms with E-state index in [0.717, 1.165) is 32.5 Å². The Morgan fingerprint density at radius 1 is 1.35 bits per heavy atom. The van der Waals surface area contributed by atoms with Crippen LogP contribution in [0.1, 0.15) is 43.9 Å². The number of nitrogens with two attached hydrogens (primary N) is 1. The molecule has 0 bridgehead atoms. The lowest BCUT2D eigenvalue weighted by Gasteiger charge is -2.17. The summed E-state index contributed by atoms with van der Waals surface area (Å²) in [5.41, 5.74) is 5.51. The number of benzene rings is 1. The second-order valence-electron chi connectivity index (χ2n) is 4.16. The monoisotopic (exact) mass is 236 g/mol. The lowest BCUT2D eigenvalue weighted by Crippen LogP contribution is -2.28. The van der Waals surface area contributed by atoms with Gasteiger partial charge in [0.15, 0.2) is 0 Å². The average molecular weight is 236 g/mol. The maximum absolute atomic E-state index is 5.62. The standard InChI is InChI=1S/C14H24N2O/c1-3-12-7-5-8-13(11-12)14(16-15)9-6-10-17-4-2/h5,7-8,11,14,16H,3-4,6,9-10,15H2,1-2H3. The lowest BCUT2D eigenvalue weighted by molar-refractivity contribution is 0.141. The van der Waals surface area contributed by atoms with Crippen molar-refractivity contribution in [2.75, 3.05) is 13.2 Å². The zero-order valence-electron chi connectivity index (χ0n) is 10.9. The summed E-state index contributed by atoms with van der Waals surface area (Å²) < 4.78 is 5.34. The Kier molecular flexibility index (Phi) is 6.86. The quantitative estimate of drug-likeness (QED) is 0.414. The second-order valence-corrected chi connectivity index (χ2v) is 4.16. The molecule has 0 radical (unpaired) electrons. The number of aryl methyl sites for hydroxylation is 1. The van der Waals surface area contributed by atoms with E-state index in [2.05, 4.69) is 36.6 Å². The maximum atomic E-state index is 5.62. The summed E-state index contributed by atoms with van der Waals surface area (Å²) in [6.07, 6.45) is 3.09. The fraction of sp³-hybridized carbons (Fsp3) is 0.571. The van der Waals surface area contributed by atoms with Gasteiger partial charge >= 0.3 is 0 Å². The van der Waals surface area contributed by atoms with Crippen molar-refractivity contribution < 1.29 is 4.74 Å². The maximum Gasteiger partial charge on any atom is 0.0466 e. The number of nitrogens with one attached hydrogen (secondary N) is 1. The molecule has 17 heavy (non-hydrogen) atoms. The van der Waals surface area contributed by atoms with E-state index in [1.807, 2.05) is 6.92 Å². The molecule has 1 aromatic rings. The van der Waals surface area contributed by atoms with Crippen LogP contribution in [0.2, 0.25) is 0 Å². The molecule has 0 heterocycles. The fourth-order valence-electron chi connectivity index (χ4n) is 1.91. The normalized spacial score (nSPS) is 12.6. The highest BCUT2D eigenvalue weighted by Gasteiger charge is 2.09. The van der Waals surface area contributed by atoms with Crippen LogP contribution in [0.5, 0.6) is 0 Å². The van der Waals surface area contributed by atoms with Crippen molar-refractivity contribution >= 4 is 0 Å². The number of hydrogen-bond donors (Lipinski definition) is 2. The van der Waals surface area contributed by atoms with Gasteiger partial charge in [-0.25, -0.2) is 0 Å². The van der Waals surface area contributed by atoms with Crippen LogP contribution in [0.15, 0.2) is 24.3 Å². The first-order valence-electron chi connectivity index (χ1n) is 6.44. The summed E-state index contributed by atoms with van der Waals surface area (Å²) in [5.74, 6) is 5.62. The average Bonchev–Trinajstić information content (AvgIpc) is 2.39. The van der Waals surface area contributed by atoms with Gasteiger partial charge in [0.2, 0.25) is 0 Å². The van der Waals surface area contributed by atoms with E-state index < -0.39 is 0 Å². The summed E-state index contributed by atoms with van der Waals surface area (Å²) in [7, 11) is 0. The van der Waals surface area contributed by atoms with Gasteiger partial charge in [0.25, 0.3) is 0 Å². The van der Waals surface area contributed by atoms with Crippen LogP contribution < -0.4 is 11.3 Å². The van der Waals surface area contributed by atoms with Crippen LogP contribution in [-0.2, 0) is 11.2 Å². The van der Waals surface area contributed by atoms with E-state index in [1.54, 1.807) is 0 Å². The third-order valence-corrected chi connectivity index (χ3v) is 2.95. The molecule has 0 aliphatic carbocycles. The zero-order valence-corrected chi connectivity index (χ0v) is 10.9. The minimum Gasteiger partial charge on any atom is -0.382 e. The third kappa shape index (κ3) is 4.86. The Balaban J connectivity index is 2.53. The highest BCUT2D eigenvalue weighted by Crippen LogP contribution is 2.19. The molecule has 0 spiro atoms. The molecule has 96 valence electrons. The Morgan fingerprint density at radius 3 is 2.82 bits per heavy atom. The second kappa shape index (κ2) is 8.23. The van der Waals surface area contributed by atoms with Gasteiger partial charge < -0.3 is 4.74 Å². The van der Waals surface area contributed by atoms with Crippen molar-refractivity contribution in [1.82, 2.24) is 5.43 Å². The van der Waals surface area contributed by atoms with E-state index in [0.29, 0.717) is 0 Å². The summed E-state index contributed by atoms with van der Waals surface area (Å²) in [4.78, 5) is 0. The minimum atomic E-state index is 0.224. The fourth-order valence-corrected chi connectivity index (χ4v) is 1.91. The molecule has 0 saturated heterocycles. The van der Waals surface area contributed by atoms with Crippen LogP contribution in [0.4, 0.5) is 0 Å². The van der Waals surface area contributed by atoms with Gasteiger partial charge in [0.05, 0.1) is 0 Å². The van der Waals surface area contributed by atoms with Gasteiger partial charge in [-0.2, -0.15) is 0 Å². The summed E-state index contributed by atoms with van der Waals surface area (Å²) in [6.45, 7) is 5.77. The van der Waals surface area contributed by atoms with Crippen molar-refractivity contribution in [3.05, 3.63) is 35.4 Å². The van der Waals surface area contributed by atoms with E-state index >= 15 is 0 Å². The Hall–Kier alpha value is -0.900. The first-order chi connectivity index (χ1) is 8.31. The van der Waals surface area contributed by atoms with Gasteiger partial charge in [0.1, 0.15) is 0 Å². The van der Waals surface area contributed by atoms with Crippen LogP contribution in [0, 0.1) is 0 Å². The van der Waals surface area contributed by atoms with Gasteiger partial charge in [-0.1, -0.05) is 31.2 Å². The molecule has 1 rings (SSSR count). The van der Waals surface area contributed by atoms with Crippen molar-refractivity contribution in [2.45, 2.75) is 39.2 Å². The molecule has 1 atom stereocenters. The largest absolute Gasteiger partial charge is 0.382 e. The Labute approximate surface area is 104 Å². The molecule has 0 aromatic heterocycles.